The number of carbonyl (C=O) groups is 2. The molecular weight excluding hydrogens is 533 g/mol. The van der Waals surface area contributed by atoms with Gasteiger partial charge in [0.2, 0.25) is 25.1 Å². The van der Waals surface area contributed by atoms with Gasteiger partial charge in [-0.2, -0.15) is 4.57 Å². The third kappa shape index (κ3) is 4.05. The van der Waals surface area contributed by atoms with Crippen molar-refractivity contribution in [2.24, 2.45) is 0 Å². The fourth-order valence-electron chi connectivity index (χ4n) is 3.70. The second-order valence-electron chi connectivity index (χ2n) is 6.95. The molecule has 2 aromatic carbocycles. The third-order valence-electron chi connectivity index (χ3n) is 5.08. The van der Waals surface area contributed by atoms with Crippen molar-refractivity contribution in [3.8, 4) is 11.5 Å². The number of nitrogens with one attached hydrogen (secondary N) is 1. The van der Waals surface area contributed by atoms with Crippen LogP contribution in [0.3, 0.4) is 0 Å². The molecule has 1 unspecified atom stereocenters. The van der Waals surface area contributed by atoms with Crippen molar-refractivity contribution in [2.75, 3.05) is 17.0 Å². The van der Waals surface area contributed by atoms with E-state index in [4.69, 9.17) is 21.1 Å². The fourth-order valence-corrected chi connectivity index (χ4v) is 3.83. The van der Waals surface area contributed by atoms with Crippen molar-refractivity contribution in [3.05, 3.63) is 77.6 Å². The largest absolute Gasteiger partial charge is 1.00 e. The van der Waals surface area contributed by atoms with E-state index < -0.39 is 6.04 Å². The topological polar surface area (TPSA) is 71.8 Å². The number of hydrogen-bond donors (Lipinski definition) is 1. The number of benzene rings is 2. The number of pyridine rings is 1. The number of nitrogens with zero attached hydrogens (tertiary/aromatic N) is 2. The van der Waals surface area contributed by atoms with E-state index in [2.05, 4.69) is 5.32 Å². The number of hydrogen-bond acceptors (Lipinski definition) is 4. The maximum atomic E-state index is 13.4. The lowest BCUT2D eigenvalue weighted by molar-refractivity contribution is -0.695. The van der Waals surface area contributed by atoms with Crippen LogP contribution in [0.15, 0.2) is 66.9 Å². The molecule has 0 radical (unpaired) electrons. The summed E-state index contributed by atoms with van der Waals surface area (Å²) in [5.74, 6) is 0.626. The molecule has 0 fully saturated rings. The minimum Gasteiger partial charge on any atom is -1.00 e. The van der Waals surface area contributed by atoms with Crippen LogP contribution in [-0.4, -0.2) is 18.6 Å². The van der Waals surface area contributed by atoms with Gasteiger partial charge in [-0.1, -0.05) is 17.7 Å². The van der Waals surface area contributed by atoms with Crippen molar-refractivity contribution >= 4 is 34.8 Å². The van der Waals surface area contributed by atoms with Crippen molar-refractivity contribution in [1.82, 2.24) is 0 Å². The van der Waals surface area contributed by atoms with Gasteiger partial charge in [-0.25, -0.2) is 0 Å². The van der Waals surface area contributed by atoms with Gasteiger partial charge in [0, 0.05) is 34.6 Å². The van der Waals surface area contributed by atoms with E-state index in [-0.39, 0.29) is 49.1 Å². The Labute approximate surface area is 200 Å². The van der Waals surface area contributed by atoms with Gasteiger partial charge in [-0.15, -0.1) is 0 Å². The summed E-state index contributed by atoms with van der Waals surface area (Å²) in [4.78, 5) is 28.0. The molecule has 1 atom stereocenters. The molecule has 0 aliphatic carbocycles. The van der Waals surface area contributed by atoms with E-state index in [1.54, 1.807) is 53.2 Å². The molecular formula is C22H17ClIN3O4. The Bertz CT molecular complexity index is 1160. The first kappa shape index (κ1) is 21.4. The van der Waals surface area contributed by atoms with E-state index >= 15 is 0 Å². The van der Waals surface area contributed by atoms with E-state index in [1.165, 1.54) is 4.90 Å². The van der Waals surface area contributed by atoms with Crippen LogP contribution in [0.25, 0.3) is 0 Å². The molecule has 3 heterocycles. The molecule has 1 aromatic heterocycles. The van der Waals surface area contributed by atoms with Gasteiger partial charge in [-0.3, -0.25) is 14.5 Å². The summed E-state index contributed by atoms with van der Waals surface area (Å²) < 4.78 is 12.6. The average molecular weight is 550 g/mol. The molecule has 3 aromatic rings. The number of fused-ring (bicyclic) bond motifs is 2. The van der Waals surface area contributed by atoms with E-state index in [1.807, 2.05) is 18.2 Å². The molecule has 0 saturated carbocycles. The standard InChI is InChI=1S/C22H16ClN3O4.HI/c23-14-4-6-15(7-5-14)24-22(28)21-17-3-1-2-10-25(17)12-20(27)26(21)16-8-9-18-19(11-16)30-13-29-18;/h1-11,21H,12-13H2;1H. The fraction of sp³-hybridized carbons (Fsp3) is 0.136. The molecule has 2 amide bonds. The quantitative estimate of drug-likeness (QED) is 0.371. The Morgan fingerprint density at radius 2 is 1.84 bits per heavy atom. The van der Waals surface area contributed by atoms with E-state index in [9.17, 15) is 9.59 Å². The first-order valence-corrected chi connectivity index (χ1v) is 9.74. The summed E-state index contributed by atoms with van der Waals surface area (Å²) in [6, 6.07) is 16.7. The van der Waals surface area contributed by atoms with Gasteiger partial charge in [-0.05, 0) is 36.4 Å². The molecule has 2 aliphatic rings. The summed E-state index contributed by atoms with van der Waals surface area (Å²) in [6.07, 6.45) is 1.80. The first-order chi connectivity index (χ1) is 14.6. The normalized spacial score (nSPS) is 16.4. The van der Waals surface area contributed by atoms with Gasteiger partial charge in [0.25, 0.3) is 11.8 Å². The minimum absolute atomic E-state index is 0. The highest BCUT2D eigenvalue weighted by Crippen LogP contribution is 2.38. The van der Waals surface area contributed by atoms with Crippen LogP contribution in [0.5, 0.6) is 11.5 Å². The molecule has 5 rings (SSSR count). The molecule has 31 heavy (non-hydrogen) atoms. The number of aromatic nitrogens is 1. The Morgan fingerprint density at radius 1 is 1.06 bits per heavy atom. The molecule has 2 aliphatic heterocycles. The Kier molecular flexibility index (Phi) is 6.01. The predicted molar refractivity (Wildman–Crippen MR) is 110 cm³/mol. The summed E-state index contributed by atoms with van der Waals surface area (Å²) in [6.45, 7) is 0.265. The Hall–Kier alpha value is -2.85. The number of carbonyl (C=O) groups excluding carboxylic acids is 2. The van der Waals surface area contributed by atoms with Crippen LogP contribution in [0.2, 0.25) is 5.02 Å². The summed E-state index contributed by atoms with van der Waals surface area (Å²) in [5, 5.41) is 3.46. The SMILES string of the molecule is O=C(Nc1ccc(Cl)cc1)C1c2cccc[n+]2CC(=O)N1c1ccc2c(c1)OCO2.[I-]. The lowest BCUT2D eigenvalue weighted by Crippen LogP contribution is -3.00. The van der Waals surface area contributed by atoms with Crippen LogP contribution in [0.4, 0.5) is 11.4 Å². The lowest BCUT2D eigenvalue weighted by Gasteiger charge is -2.32. The highest BCUT2D eigenvalue weighted by molar-refractivity contribution is 6.30. The van der Waals surface area contributed by atoms with Crippen molar-refractivity contribution in [2.45, 2.75) is 12.6 Å². The second kappa shape index (κ2) is 8.72. The van der Waals surface area contributed by atoms with Gasteiger partial charge in [0.05, 0.1) is 0 Å². The number of halogens is 2. The van der Waals surface area contributed by atoms with Gasteiger partial charge in [0.15, 0.2) is 17.7 Å². The molecule has 0 bridgehead atoms. The van der Waals surface area contributed by atoms with Crippen molar-refractivity contribution in [3.63, 3.8) is 0 Å². The average Bonchev–Trinajstić information content (AvgIpc) is 3.22. The minimum atomic E-state index is -0.858. The van der Waals surface area contributed by atoms with Gasteiger partial charge in [0.1, 0.15) is 0 Å². The maximum Gasteiger partial charge on any atom is 0.294 e. The highest BCUT2D eigenvalue weighted by Gasteiger charge is 2.44. The van der Waals surface area contributed by atoms with E-state index in [0.717, 1.165) is 0 Å². The van der Waals surface area contributed by atoms with Crippen molar-refractivity contribution < 1.29 is 47.6 Å². The number of rotatable bonds is 3. The number of anilines is 2. The monoisotopic (exact) mass is 549 g/mol. The van der Waals surface area contributed by atoms with Crippen LogP contribution >= 0.6 is 11.6 Å². The molecule has 0 spiro atoms. The van der Waals surface area contributed by atoms with Crippen LogP contribution in [0, 0.1) is 0 Å². The molecule has 0 saturated heterocycles. The van der Waals surface area contributed by atoms with Crippen LogP contribution in [0.1, 0.15) is 11.7 Å². The third-order valence-corrected chi connectivity index (χ3v) is 5.33. The van der Waals surface area contributed by atoms with Crippen LogP contribution < -0.4 is 48.2 Å². The smallest absolute Gasteiger partial charge is 0.294 e. The first-order valence-electron chi connectivity index (χ1n) is 9.37. The van der Waals surface area contributed by atoms with E-state index in [0.29, 0.717) is 33.6 Å². The summed E-state index contributed by atoms with van der Waals surface area (Å²) >= 11 is 5.94. The Balaban J connectivity index is 0.00000231. The number of amides is 2. The number of ether oxygens (including phenoxy) is 2. The highest BCUT2D eigenvalue weighted by atomic mass is 127. The van der Waals surface area contributed by atoms with Gasteiger partial charge < -0.3 is 38.8 Å². The molecule has 1 N–H and O–H groups in total. The van der Waals surface area contributed by atoms with Gasteiger partial charge >= 0.3 is 0 Å². The molecule has 158 valence electrons. The summed E-state index contributed by atoms with van der Waals surface area (Å²) in [7, 11) is 0. The second-order valence-corrected chi connectivity index (χ2v) is 7.39. The zero-order valence-corrected chi connectivity index (χ0v) is 19.0. The molecule has 9 heteroatoms. The lowest BCUT2D eigenvalue weighted by atomic mass is 10.0. The maximum absolute atomic E-state index is 13.4. The predicted octanol–water partition coefficient (Wildman–Crippen LogP) is 0.0868. The summed E-state index contributed by atoms with van der Waals surface area (Å²) in [5.41, 5.74) is 1.87. The van der Waals surface area contributed by atoms with Crippen LogP contribution in [-0.2, 0) is 16.1 Å². The zero-order chi connectivity index (χ0) is 20.7. The zero-order valence-electron chi connectivity index (χ0n) is 16.1. The molecule has 7 nitrogen and oxygen atoms in total. The van der Waals surface area contributed by atoms with Crippen molar-refractivity contribution in [1.29, 1.82) is 0 Å². The Morgan fingerprint density at radius 3 is 2.65 bits per heavy atom.